The van der Waals surface area contributed by atoms with Crippen molar-refractivity contribution in [2.75, 3.05) is 0 Å². The Hall–Kier alpha value is -0.980. The van der Waals surface area contributed by atoms with Crippen LogP contribution in [0.2, 0.25) is 0 Å². The SMILES string of the molecule is CC(C)(C)C(Cc1cc(Br)c(Sc2ccccc2)s1)NC(=O)O. The normalized spacial score (nSPS) is 12.9. The molecule has 1 aromatic carbocycles. The molecule has 0 saturated carbocycles. The highest BCUT2D eigenvalue weighted by atomic mass is 79.9. The van der Waals surface area contributed by atoms with Gasteiger partial charge in [0.1, 0.15) is 0 Å². The van der Waals surface area contributed by atoms with Gasteiger partial charge in [-0.15, -0.1) is 11.3 Å². The summed E-state index contributed by atoms with van der Waals surface area (Å²) in [5.41, 5.74) is -0.137. The van der Waals surface area contributed by atoms with E-state index in [1.807, 2.05) is 18.2 Å². The van der Waals surface area contributed by atoms with Gasteiger partial charge >= 0.3 is 6.09 Å². The Kier molecular flexibility index (Phi) is 6.17. The fraction of sp³-hybridized carbons (Fsp3) is 0.353. The van der Waals surface area contributed by atoms with Crippen LogP contribution in [0.3, 0.4) is 0 Å². The molecule has 0 spiro atoms. The maximum absolute atomic E-state index is 11.0. The Morgan fingerprint density at radius 1 is 1.35 bits per heavy atom. The van der Waals surface area contributed by atoms with E-state index in [2.05, 4.69) is 60.2 Å². The zero-order chi connectivity index (χ0) is 17.0. The molecule has 2 rings (SSSR count). The molecule has 2 N–H and O–H groups in total. The van der Waals surface area contributed by atoms with Crippen LogP contribution in [0.25, 0.3) is 0 Å². The number of thiophene rings is 1. The van der Waals surface area contributed by atoms with Crippen molar-refractivity contribution in [2.45, 2.75) is 42.3 Å². The topological polar surface area (TPSA) is 49.3 Å². The predicted octanol–water partition coefficient (Wildman–Crippen LogP) is 5.89. The lowest BCUT2D eigenvalue weighted by atomic mass is 9.84. The molecular weight excluding hydrogens is 394 g/mol. The summed E-state index contributed by atoms with van der Waals surface area (Å²) in [5, 5.41) is 11.7. The Bertz CT molecular complexity index is 665. The van der Waals surface area contributed by atoms with Crippen molar-refractivity contribution in [3.63, 3.8) is 0 Å². The number of carboxylic acid groups (broad SMARTS) is 1. The summed E-state index contributed by atoms with van der Waals surface area (Å²) in [6.07, 6.45) is -0.284. The predicted molar refractivity (Wildman–Crippen MR) is 101 cm³/mol. The Morgan fingerprint density at radius 3 is 2.57 bits per heavy atom. The molecule has 1 atom stereocenters. The summed E-state index contributed by atoms with van der Waals surface area (Å²) < 4.78 is 2.25. The first kappa shape index (κ1) is 18.4. The van der Waals surface area contributed by atoms with Crippen LogP contribution in [-0.4, -0.2) is 17.2 Å². The van der Waals surface area contributed by atoms with E-state index in [0.29, 0.717) is 6.42 Å². The highest BCUT2D eigenvalue weighted by molar-refractivity contribution is 9.10. The van der Waals surface area contributed by atoms with Crippen molar-refractivity contribution < 1.29 is 9.90 Å². The van der Waals surface area contributed by atoms with Crippen LogP contribution in [0, 0.1) is 5.41 Å². The molecule has 0 aliphatic carbocycles. The highest BCUT2D eigenvalue weighted by Gasteiger charge is 2.27. The maximum Gasteiger partial charge on any atom is 0.404 e. The minimum absolute atomic E-state index is 0.125. The van der Waals surface area contributed by atoms with Gasteiger partial charge in [-0.05, 0) is 39.5 Å². The van der Waals surface area contributed by atoms with Crippen LogP contribution in [0.15, 0.2) is 50.0 Å². The second kappa shape index (κ2) is 7.73. The standard InChI is InChI=1S/C17H20BrNO2S2/c1-17(2,3)14(19-16(20)21)10-12-9-13(18)15(23-12)22-11-7-5-4-6-8-11/h4-9,14,19H,10H2,1-3H3,(H,20,21). The first-order valence-electron chi connectivity index (χ1n) is 7.26. The zero-order valence-corrected chi connectivity index (χ0v) is 16.5. The highest BCUT2D eigenvalue weighted by Crippen LogP contribution is 2.40. The molecule has 0 aliphatic rings. The third-order valence-corrected chi connectivity index (χ3v) is 6.92. The first-order chi connectivity index (χ1) is 10.8. The van der Waals surface area contributed by atoms with Crippen molar-refractivity contribution >= 4 is 45.1 Å². The van der Waals surface area contributed by atoms with Crippen LogP contribution in [-0.2, 0) is 6.42 Å². The minimum Gasteiger partial charge on any atom is -0.465 e. The molecule has 0 bridgehead atoms. The number of carbonyl (C=O) groups is 1. The Balaban J connectivity index is 2.14. The summed E-state index contributed by atoms with van der Waals surface area (Å²) in [6.45, 7) is 6.15. The van der Waals surface area contributed by atoms with Gasteiger partial charge < -0.3 is 10.4 Å². The third-order valence-electron chi connectivity index (χ3n) is 3.41. The smallest absolute Gasteiger partial charge is 0.404 e. The van der Waals surface area contributed by atoms with Gasteiger partial charge in [0.15, 0.2) is 0 Å². The van der Waals surface area contributed by atoms with Crippen molar-refractivity contribution in [3.8, 4) is 0 Å². The fourth-order valence-electron chi connectivity index (χ4n) is 2.09. The fourth-order valence-corrected chi connectivity index (χ4v) is 5.26. The van der Waals surface area contributed by atoms with Crippen molar-refractivity contribution in [1.29, 1.82) is 0 Å². The monoisotopic (exact) mass is 413 g/mol. The lowest BCUT2D eigenvalue weighted by Crippen LogP contribution is -2.44. The van der Waals surface area contributed by atoms with Crippen molar-refractivity contribution in [1.82, 2.24) is 5.32 Å². The molecule has 2 aromatic rings. The van der Waals surface area contributed by atoms with E-state index in [1.165, 1.54) is 14.0 Å². The average molecular weight is 414 g/mol. The minimum atomic E-state index is -0.973. The number of hydrogen-bond donors (Lipinski definition) is 2. The molecule has 3 nitrogen and oxygen atoms in total. The molecule has 0 aliphatic heterocycles. The first-order valence-corrected chi connectivity index (χ1v) is 9.69. The Morgan fingerprint density at radius 2 is 2.00 bits per heavy atom. The van der Waals surface area contributed by atoms with Crippen molar-refractivity contribution in [2.24, 2.45) is 5.41 Å². The molecule has 23 heavy (non-hydrogen) atoms. The van der Waals surface area contributed by atoms with Gasteiger partial charge in [0.05, 0.1) is 4.21 Å². The van der Waals surface area contributed by atoms with Gasteiger partial charge in [-0.3, -0.25) is 0 Å². The molecule has 0 radical (unpaired) electrons. The number of hydrogen-bond acceptors (Lipinski definition) is 3. The van der Waals surface area contributed by atoms with Crippen LogP contribution in [0.4, 0.5) is 4.79 Å². The van der Waals surface area contributed by atoms with Gasteiger partial charge in [-0.2, -0.15) is 0 Å². The van der Waals surface area contributed by atoms with E-state index in [0.717, 1.165) is 4.47 Å². The van der Waals surface area contributed by atoms with Crippen molar-refractivity contribution in [3.05, 3.63) is 45.7 Å². The van der Waals surface area contributed by atoms with Gasteiger partial charge in [-0.1, -0.05) is 50.7 Å². The molecule has 6 heteroatoms. The summed E-state index contributed by atoms with van der Waals surface area (Å²) >= 11 is 7.05. The largest absolute Gasteiger partial charge is 0.465 e. The molecule has 1 aromatic heterocycles. The molecule has 0 fully saturated rings. The van der Waals surface area contributed by atoms with E-state index in [4.69, 9.17) is 5.11 Å². The van der Waals surface area contributed by atoms with E-state index in [-0.39, 0.29) is 11.5 Å². The summed E-state index contributed by atoms with van der Waals surface area (Å²) in [5.74, 6) is 0. The third kappa shape index (κ3) is 5.55. The van der Waals surface area contributed by atoms with E-state index in [9.17, 15) is 4.79 Å². The summed E-state index contributed by atoms with van der Waals surface area (Å²) in [4.78, 5) is 13.4. The number of amides is 1. The quantitative estimate of drug-likeness (QED) is 0.642. The van der Waals surface area contributed by atoms with E-state index < -0.39 is 6.09 Å². The van der Waals surface area contributed by atoms with Crippen LogP contribution in [0.1, 0.15) is 25.6 Å². The summed E-state index contributed by atoms with van der Waals surface area (Å²) in [6, 6.07) is 12.2. The van der Waals surface area contributed by atoms with E-state index in [1.54, 1.807) is 23.1 Å². The number of nitrogens with one attached hydrogen (secondary N) is 1. The summed E-state index contributed by atoms with van der Waals surface area (Å²) in [7, 11) is 0. The van der Waals surface area contributed by atoms with Crippen LogP contribution >= 0.6 is 39.0 Å². The van der Waals surface area contributed by atoms with Crippen LogP contribution < -0.4 is 5.32 Å². The van der Waals surface area contributed by atoms with Gasteiger partial charge in [-0.25, -0.2) is 4.79 Å². The van der Waals surface area contributed by atoms with E-state index >= 15 is 0 Å². The second-order valence-electron chi connectivity index (χ2n) is 6.34. The lowest BCUT2D eigenvalue weighted by Gasteiger charge is -2.30. The molecule has 1 unspecified atom stereocenters. The number of halogens is 1. The molecular formula is C17H20BrNO2S2. The number of rotatable bonds is 5. The molecule has 1 heterocycles. The van der Waals surface area contributed by atoms with Gasteiger partial charge in [0.25, 0.3) is 0 Å². The molecule has 0 saturated heterocycles. The second-order valence-corrected chi connectivity index (χ2v) is 9.67. The van der Waals surface area contributed by atoms with Gasteiger partial charge in [0.2, 0.25) is 0 Å². The Labute approximate surface area is 153 Å². The number of benzene rings is 1. The average Bonchev–Trinajstić information content (AvgIpc) is 2.78. The lowest BCUT2D eigenvalue weighted by molar-refractivity contribution is 0.174. The molecule has 124 valence electrons. The molecule has 1 amide bonds. The zero-order valence-electron chi connectivity index (χ0n) is 13.3. The van der Waals surface area contributed by atoms with Crippen LogP contribution in [0.5, 0.6) is 0 Å². The van der Waals surface area contributed by atoms with Gasteiger partial charge in [0, 0.05) is 26.7 Å². The maximum atomic E-state index is 11.0.